The number of thiophene rings is 5. The number of benzene rings is 19. The summed E-state index contributed by atoms with van der Waals surface area (Å²) in [5, 5.41) is 27.5. The van der Waals surface area contributed by atoms with Gasteiger partial charge in [0.15, 0.2) is 0 Å². The number of fused-ring (bicyclic) bond motifs is 41. The lowest BCUT2D eigenvalue weighted by atomic mass is 10.00. The summed E-state index contributed by atoms with van der Waals surface area (Å²) in [6.07, 6.45) is 0. The Bertz CT molecular complexity index is 11000. The smallest absolute Gasteiger partial charge is 0.238 e. The molecule has 638 valence electrons. The van der Waals surface area contributed by atoms with E-state index in [1.165, 1.54) is 145 Å². The standard InChI is InChI=1S/C44H23N3OS3.2C38H21N3S2/c1-2-13-25-24(12-1)40-36(37-28-16-5-8-20-32(28)50-42(25)37)26-14-3-6-18-30(26)47(40)44-45-39(38-27-15-4-7-19-31(27)48-43(38)46-44)29-17-11-23-35-41(29)51-34-22-10-9-21-33(34)49-35;2*1-2-12-22(13-3-1)34-33-27-18-8-11-21-30(27)43-37(33)40-38(39-34)41-28-19-9-6-16-25(28)31-32-26-17-7-10-20-29(26)42-36(32)24-15-5-4-14-23(24)35(31)41/h1-23H;2*1-21H/i;1D,2D,3D,12D,13D;. The Labute approximate surface area is 814 Å². The zero-order valence-corrected chi connectivity index (χ0v) is 77.6. The van der Waals surface area contributed by atoms with Crippen LogP contribution in [0.3, 0.4) is 0 Å². The summed E-state index contributed by atoms with van der Waals surface area (Å²) in [5.41, 5.74) is 12.1. The summed E-state index contributed by atoms with van der Waals surface area (Å²) in [4.78, 5) is 38.8. The molecular formula is C120H65N9OS7. The molecule has 12 aromatic heterocycles. The van der Waals surface area contributed by atoms with Crippen molar-refractivity contribution in [2.45, 2.75) is 19.6 Å². The lowest BCUT2D eigenvalue weighted by Crippen LogP contribution is -2.04. The molecule has 1 aliphatic heterocycles. The highest BCUT2D eigenvalue weighted by molar-refractivity contribution is 8.05. The van der Waals surface area contributed by atoms with Gasteiger partial charge in [0.2, 0.25) is 23.6 Å². The molecule has 0 fully saturated rings. The summed E-state index contributed by atoms with van der Waals surface area (Å²) in [6, 6.07) is 126. The maximum absolute atomic E-state index is 8.94. The number of furan rings is 1. The second-order valence-electron chi connectivity index (χ2n) is 34.4. The molecule has 0 saturated heterocycles. The number of rotatable bonds is 6. The predicted molar refractivity (Wildman–Crippen MR) is 584 cm³/mol. The number of nitrogens with zero attached hydrogens (tertiary/aromatic N) is 9. The van der Waals surface area contributed by atoms with Crippen LogP contribution in [0.15, 0.2) is 418 Å². The molecule has 0 bridgehead atoms. The highest BCUT2D eigenvalue weighted by Gasteiger charge is 2.32. The van der Waals surface area contributed by atoms with Crippen LogP contribution in [0.2, 0.25) is 0 Å². The molecule has 31 aromatic rings. The van der Waals surface area contributed by atoms with Crippen LogP contribution in [-0.2, 0) is 0 Å². The van der Waals surface area contributed by atoms with Crippen molar-refractivity contribution >= 4 is 301 Å². The van der Waals surface area contributed by atoms with Gasteiger partial charge in [-0.15, -0.1) is 56.7 Å². The van der Waals surface area contributed by atoms with E-state index < -0.39 is 18.1 Å². The molecule has 19 aromatic carbocycles. The number of hydrogen-bond donors (Lipinski definition) is 0. The average Bonchev–Trinajstić information content (AvgIpc) is 1.54. The molecule has 0 atom stereocenters. The second kappa shape index (κ2) is 30.4. The highest BCUT2D eigenvalue weighted by Crippen LogP contribution is 2.57. The molecule has 0 spiro atoms. The van der Waals surface area contributed by atoms with E-state index in [1.54, 1.807) is 22.7 Å². The van der Waals surface area contributed by atoms with Crippen molar-refractivity contribution in [1.82, 2.24) is 43.6 Å². The lowest BCUT2D eigenvalue weighted by Gasteiger charge is -2.21. The fraction of sp³-hybridized carbons (Fsp3) is 0. The molecule has 13 heterocycles. The van der Waals surface area contributed by atoms with Crippen LogP contribution in [0, 0.1) is 0 Å². The minimum atomic E-state index is -0.435. The Morgan fingerprint density at radius 1 is 0.234 bits per heavy atom. The van der Waals surface area contributed by atoms with Gasteiger partial charge in [0.05, 0.1) is 62.4 Å². The molecule has 1 aliphatic rings. The number of aromatic nitrogens is 9. The average molecular weight is 1880 g/mol. The van der Waals surface area contributed by atoms with Crippen LogP contribution < -0.4 is 0 Å². The van der Waals surface area contributed by atoms with E-state index in [2.05, 4.69) is 335 Å². The first-order valence-corrected chi connectivity index (χ1v) is 50.8. The molecule has 0 unspecified atom stereocenters. The molecule has 0 radical (unpaired) electrons. The van der Waals surface area contributed by atoms with Crippen LogP contribution in [-0.4, -0.2) is 43.6 Å². The Hall–Kier alpha value is -15.8. The largest absolute Gasteiger partial charge is 0.437 e. The van der Waals surface area contributed by atoms with Gasteiger partial charge < -0.3 is 4.42 Å². The van der Waals surface area contributed by atoms with E-state index in [0.717, 1.165) is 114 Å². The third-order valence-electron chi connectivity index (χ3n) is 27.0. The van der Waals surface area contributed by atoms with Crippen LogP contribution in [0.4, 0.5) is 0 Å². The first-order valence-electron chi connectivity index (χ1n) is 47.6. The summed E-state index contributed by atoms with van der Waals surface area (Å²) in [5.74, 6) is 1.68. The zero-order valence-electron chi connectivity index (χ0n) is 76.9. The van der Waals surface area contributed by atoms with Crippen molar-refractivity contribution < 1.29 is 11.3 Å². The third-order valence-corrected chi connectivity index (χ3v) is 35.4. The molecule has 0 aliphatic carbocycles. The maximum Gasteiger partial charge on any atom is 0.238 e. The molecule has 17 heteroatoms. The number of para-hydroxylation sites is 4. The van der Waals surface area contributed by atoms with Crippen LogP contribution in [0.1, 0.15) is 6.85 Å². The first-order chi connectivity index (χ1) is 70.1. The first kappa shape index (κ1) is 72.7. The van der Waals surface area contributed by atoms with E-state index >= 15 is 0 Å². The Morgan fingerprint density at radius 3 is 1.04 bits per heavy atom. The van der Waals surface area contributed by atoms with Gasteiger partial charge in [0, 0.05) is 198 Å². The summed E-state index contributed by atoms with van der Waals surface area (Å²) in [7, 11) is 0. The van der Waals surface area contributed by atoms with Gasteiger partial charge in [-0.3, -0.25) is 13.7 Å². The van der Waals surface area contributed by atoms with Crippen molar-refractivity contribution in [3.63, 3.8) is 0 Å². The SMILES string of the molecule is [2H]c1c([2H])c([2H])c(-c2nc(-n3c4ccccc4c4c5c6ccccc6sc5c5ccccc5c43)nc3sc4ccccc4c23)c([2H])c1[2H].c1ccc(-c2nc(-n3c4ccccc4c4c5c6ccccc6sc5c5ccccc5c43)nc3sc4ccccc4c23)cc1.c1ccc2c(c1)Sc1cccc(-c3nc(-n4c5ccccc5c5c6c7ccccc7sc6c6ccccc6c54)nc4oc5ccccc5c34)c1S2. The van der Waals surface area contributed by atoms with Crippen molar-refractivity contribution in [3.05, 3.63) is 394 Å². The minimum Gasteiger partial charge on any atom is -0.437 e. The molecule has 10 nitrogen and oxygen atoms in total. The van der Waals surface area contributed by atoms with E-state index in [4.69, 9.17) is 41.2 Å². The lowest BCUT2D eigenvalue weighted by molar-refractivity contribution is 0.651. The van der Waals surface area contributed by atoms with Gasteiger partial charge in [-0.2, -0.15) is 4.98 Å². The quantitative estimate of drug-likeness (QED) is 0.161. The summed E-state index contributed by atoms with van der Waals surface area (Å²) >= 11 is 12.4. The van der Waals surface area contributed by atoms with Crippen molar-refractivity contribution in [3.8, 4) is 51.6 Å². The maximum atomic E-state index is 8.94. The topological polar surface area (TPSA) is 105 Å². The Kier molecular flexibility index (Phi) is 16.1. The van der Waals surface area contributed by atoms with Crippen LogP contribution >= 0.6 is 80.2 Å². The van der Waals surface area contributed by atoms with E-state index in [9.17, 15) is 0 Å². The van der Waals surface area contributed by atoms with Crippen molar-refractivity contribution in [2.24, 2.45) is 0 Å². The second-order valence-corrected chi connectivity index (χ2v) is 41.7. The Balaban J connectivity index is 0.000000100. The van der Waals surface area contributed by atoms with Crippen LogP contribution in [0.25, 0.3) is 273 Å². The van der Waals surface area contributed by atoms with Gasteiger partial charge >= 0.3 is 0 Å². The molecular weight excluding hydrogens is 1810 g/mol. The van der Waals surface area contributed by atoms with Crippen molar-refractivity contribution in [1.29, 1.82) is 0 Å². The predicted octanol–water partition coefficient (Wildman–Crippen LogP) is 35.5. The van der Waals surface area contributed by atoms with E-state index in [1.807, 2.05) is 88.7 Å². The number of hydrogen-bond acceptors (Lipinski definition) is 14. The molecule has 32 rings (SSSR count). The fourth-order valence-electron chi connectivity index (χ4n) is 21.4. The normalized spacial score (nSPS) is 13.0. The fourth-order valence-corrected chi connectivity index (χ4v) is 29.7. The van der Waals surface area contributed by atoms with Gasteiger partial charge in [0.25, 0.3) is 0 Å². The van der Waals surface area contributed by atoms with Gasteiger partial charge in [0.1, 0.15) is 15.2 Å². The van der Waals surface area contributed by atoms with Gasteiger partial charge in [-0.05, 0) is 72.8 Å². The summed E-state index contributed by atoms with van der Waals surface area (Å²) in [6.45, 7) is 0. The molecule has 0 N–H and O–H groups in total. The van der Waals surface area contributed by atoms with Crippen LogP contribution in [0.5, 0.6) is 0 Å². The monoisotopic (exact) mass is 1880 g/mol. The molecule has 0 saturated carbocycles. The van der Waals surface area contributed by atoms with E-state index in [-0.39, 0.29) is 17.6 Å². The molecule has 0 amide bonds. The van der Waals surface area contributed by atoms with Crippen molar-refractivity contribution in [2.75, 3.05) is 0 Å². The Morgan fingerprint density at radius 2 is 0.577 bits per heavy atom. The summed E-state index contributed by atoms with van der Waals surface area (Å²) < 4.78 is 66.3. The minimum absolute atomic E-state index is 0.0649. The van der Waals surface area contributed by atoms with Gasteiger partial charge in [-0.25, -0.2) is 24.9 Å². The van der Waals surface area contributed by atoms with E-state index in [0.29, 0.717) is 39.5 Å². The van der Waals surface area contributed by atoms with Gasteiger partial charge in [-0.1, -0.05) is 345 Å². The third kappa shape index (κ3) is 11.6. The molecule has 137 heavy (non-hydrogen) atoms. The highest BCUT2D eigenvalue weighted by atomic mass is 32.2. The zero-order chi connectivity index (χ0) is 93.7.